The molecule has 0 aliphatic heterocycles. The van der Waals surface area contributed by atoms with Crippen molar-refractivity contribution in [1.82, 2.24) is 10.1 Å². The van der Waals surface area contributed by atoms with Crippen LogP contribution in [0.5, 0.6) is 5.75 Å². The van der Waals surface area contributed by atoms with Gasteiger partial charge in [-0.05, 0) is 38.1 Å². The Kier molecular flexibility index (Phi) is 4.67. The molecule has 0 saturated carbocycles. The predicted molar refractivity (Wildman–Crippen MR) is 80.7 cm³/mol. The van der Waals surface area contributed by atoms with Crippen LogP contribution in [0.3, 0.4) is 0 Å². The molecule has 2 N–H and O–H groups in total. The minimum atomic E-state index is -0.191. The lowest BCUT2D eigenvalue weighted by atomic mass is 10.1. The Hall–Kier alpha value is -1.53. The number of nitrogens with zero attached hydrogens (tertiary/aromatic N) is 2. The topological polar surface area (TPSA) is 74.2 Å². The largest absolute Gasteiger partial charge is 0.497 e. The second kappa shape index (κ2) is 6.28. The summed E-state index contributed by atoms with van der Waals surface area (Å²) in [5, 5.41) is 3.99. The first-order chi connectivity index (χ1) is 9.48. The van der Waals surface area contributed by atoms with Gasteiger partial charge in [-0.25, -0.2) is 0 Å². The predicted octanol–water partition coefficient (Wildman–Crippen LogP) is 2.72. The Bertz CT molecular complexity index is 546. The Balaban J connectivity index is 1.97. The van der Waals surface area contributed by atoms with Crippen LogP contribution in [0.25, 0.3) is 11.4 Å². The highest BCUT2D eigenvalue weighted by molar-refractivity contribution is 7.98. The Morgan fingerprint density at radius 3 is 2.60 bits per heavy atom. The number of thioether (sulfide) groups is 1. The minimum Gasteiger partial charge on any atom is -0.497 e. The summed E-state index contributed by atoms with van der Waals surface area (Å²) < 4.78 is 10.4. The number of nitrogens with two attached hydrogens (primary N) is 1. The zero-order chi connectivity index (χ0) is 14.6. The van der Waals surface area contributed by atoms with E-state index in [4.69, 9.17) is 15.0 Å². The van der Waals surface area contributed by atoms with E-state index in [-0.39, 0.29) is 5.54 Å². The quantitative estimate of drug-likeness (QED) is 0.882. The SMILES string of the molecule is COc1ccc(-c2noc(CSCC(C)(C)N)n2)cc1. The second-order valence-corrected chi connectivity index (χ2v) is 6.21. The van der Waals surface area contributed by atoms with E-state index in [9.17, 15) is 0 Å². The van der Waals surface area contributed by atoms with Gasteiger partial charge >= 0.3 is 0 Å². The Morgan fingerprint density at radius 2 is 2.00 bits per heavy atom. The summed E-state index contributed by atoms with van der Waals surface area (Å²) in [5.41, 5.74) is 6.64. The van der Waals surface area contributed by atoms with Crippen molar-refractivity contribution in [2.45, 2.75) is 25.1 Å². The monoisotopic (exact) mass is 293 g/mol. The van der Waals surface area contributed by atoms with Gasteiger partial charge in [0.2, 0.25) is 11.7 Å². The molecule has 1 heterocycles. The summed E-state index contributed by atoms with van der Waals surface area (Å²) >= 11 is 1.69. The molecule has 5 nitrogen and oxygen atoms in total. The fourth-order valence-corrected chi connectivity index (χ4v) is 2.49. The molecule has 0 atom stereocenters. The maximum absolute atomic E-state index is 5.92. The molecular formula is C14H19N3O2S. The maximum Gasteiger partial charge on any atom is 0.236 e. The van der Waals surface area contributed by atoms with E-state index in [2.05, 4.69) is 10.1 Å². The van der Waals surface area contributed by atoms with E-state index >= 15 is 0 Å². The summed E-state index contributed by atoms with van der Waals surface area (Å²) in [4.78, 5) is 4.38. The summed E-state index contributed by atoms with van der Waals surface area (Å²) in [5.74, 6) is 3.52. The molecule has 2 aromatic rings. The lowest BCUT2D eigenvalue weighted by Crippen LogP contribution is -2.34. The zero-order valence-electron chi connectivity index (χ0n) is 11.9. The van der Waals surface area contributed by atoms with Crippen molar-refractivity contribution >= 4 is 11.8 Å². The van der Waals surface area contributed by atoms with Gasteiger partial charge < -0.3 is 15.0 Å². The van der Waals surface area contributed by atoms with Crippen LogP contribution >= 0.6 is 11.8 Å². The summed E-state index contributed by atoms with van der Waals surface area (Å²) in [7, 11) is 1.64. The first kappa shape index (κ1) is 14.9. The molecule has 0 saturated heterocycles. The molecule has 0 unspecified atom stereocenters. The summed E-state index contributed by atoms with van der Waals surface area (Å²) in [6, 6.07) is 7.56. The zero-order valence-corrected chi connectivity index (χ0v) is 12.7. The lowest BCUT2D eigenvalue weighted by molar-refractivity contribution is 0.391. The van der Waals surface area contributed by atoms with Crippen LogP contribution < -0.4 is 10.5 Å². The number of hydrogen-bond donors (Lipinski definition) is 1. The normalized spacial score (nSPS) is 11.6. The highest BCUT2D eigenvalue weighted by Gasteiger charge is 2.13. The molecule has 2 rings (SSSR count). The van der Waals surface area contributed by atoms with Crippen LogP contribution in [0.2, 0.25) is 0 Å². The van der Waals surface area contributed by atoms with Gasteiger partial charge in [0.25, 0.3) is 0 Å². The first-order valence-electron chi connectivity index (χ1n) is 6.31. The van der Waals surface area contributed by atoms with E-state index < -0.39 is 0 Å². The average molecular weight is 293 g/mol. The van der Waals surface area contributed by atoms with Gasteiger partial charge in [-0.15, -0.1) is 0 Å². The van der Waals surface area contributed by atoms with Crippen LogP contribution in [0.15, 0.2) is 28.8 Å². The fraction of sp³-hybridized carbons (Fsp3) is 0.429. The van der Waals surface area contributed by atoms with Gasteiger partial charge in [0.1, 0.15) is 5.75 Å². The van der Waals surface area contributed by atoms with Gasteiger partial charge in [-0.3, -0.25) is 0 Å². The van der Waals surface area contributed by atoms with Crippen molar-refractivity contribution < 1.29 is 9.26 Å². The molecule has 108 valence electrons. The van der Waals surface area contributed by atoms with Crippen molar-refractivity contribution in [3.05, 3.63) is 30.2 Å². The van der Waals surface area contributed by atoms with E-state index in [0.717, 1.165) is 17.1 Å². The van der Waals surface area contributed by atoms with Crippen molar-refractivity contribution in [2.75, 3.05) is 12.9 Å². The van der Waals surface area contributed by atoms with E-state index in [1.54, 1.807) is 18.9 Å². The van der Waals surface area contributed by atoms with Crippen LogP contribution in [0.1, 0.15) is 19.7 Å². The third kappa shape index (κ3) is 4.25. The van der Waals surface area contributed by atoms with Gasteiger partial charge in [0.05, 0.1) is 12.9 Å². The molecular weight excluding hydrogens is 274 g/mol. The van der Waals surface area contributed by atoms with Crippen molar-refractivity contribution in [3.8, 4) is 17.1 Å². The molecule has 0 fully saturated rings. The average Bonchev–Trinajstić information content (AvgIpc) is 2.86. The van der Waals surface area contributed by atoms with E-state index in [0.29, 0.717) is 17.5 Å². The van der Waals surface area contributed by atoms with Crippen LogP contribution in [-0.2, 0) is 5.75 Å². The number of rotatable bonds is 6. The first-order valence-corrected chi connectivity index (χ1v) is 7.47. The standard InChI is InChI=1S/C14H19N3O2S/c1-14(2,15)9-20-8-12-16-13(17-19-12)10-4-6-11(18-3)7-5-10/h4-7H,8-9,15H2,1-3H3. The van der Waals surface area contributed by atoms with E-state index in [1.807, 2.05) is 38.1 Å². The molecule has 0 aliphatic carbocycles. The summed E-state index contributed by atoms with van der Waals surface area (Å²) in [6.45, 7) is 3.99. The van der Waals surface area contributed by atoms with Crippen molar-refractivity contribution in [2.24, 2.45) is 5.73 Å². The van der Waals surface area contributed by atoms with Gasteiger partial charge in [-0.1, -0.05) is 5.16 Å². The number of methoxy groups -OCH3 is 1. The number of aromatic nitrogens is 2. The van der Waals surface area contributed by atoms with Crippen molar-refractivity contribution in [1.29, 1.82) is 0 Å². The molecule has 0 aliphatic rings. The van der Waals surface area contributed by atoms with Crippen LogP contribution in [-0.4, -0.2) is 28.5 Å². The number of hydrogen-bond acceptors (Lipinski definition) is 6. The van der Waals surface area contributed by atoms with Gasteiger partial charge in [0.15, 0.2) is 0 Å². The third-order valence-electron chi connectivity index (χ3n) is 2.52. The van der Waals surface area contributed by atoms with Crippen molar-refractivity contribution in [3.63, 3.8) is 0 Å². The fourth-order valence-electron chi connectivity index (χ4n) is 1.57. The number of benzene rings is 1. The molecule has 0 amide bonds. The Morgan fingerprint density at radius 1 is 1.30 bits per heavy atom. The van der Waals surface area contributed by atoms with Crippen LogP contribution in [0, 0.1) is 0 Å². The third-order valence-corrected chi connectivity index (χ3v) is 3.92. The maximum atomic E-state index is 5.92. The highest BCUT2D eigenvalue weighted by Crippen LogP contribution is 2.21. The molecule has 20 heavy (non-hydrogen) atoms. The van der Waals surface area contributed by atoms with Gasteiger partial charge in [-0.2, -0.15) is 16.7 Å². The minimum absolute atomic E-state index is 0.191. The summed E-state index contributed by atoms with van der Waals surface area (Å²) in [6.07, 6.45) is 0. The van der Waals surface area contributed by atoms with Crippen LogP contribution in [0.4, 0.5) is 0 Å². The molecule has 0 radical (unpaired) electrons. The molecule has 1 aromatic heterocycles. The molecule has 6 heteroatoms. The Labute approximate surface area is 122 Å². The number of ether oxygens (including phenoxy) is 1. The lowest BCUT2D eigenvalue weighted by Gasteiger charge is -2.16. The molecule has 0 spiro atoms. The highest BCUT2D eigenvalue weighted by atomic mass is 32.2. The second-order valence-electron chi connectivity index (χ2n) is 5.22. The molecule has 0 bridgehead atoms. The smallest absolute Gasteiger partial charge is 0.236 e. The van der Waals surface area contributed by atoms with E-state index in [1.165, 1.54) is 0 Å². The molecule has 1 aromatic carbocycles. The van der Waals surface area contributed by atoms with Gasteiger partial charge in [0, 0.05) is 16.9 Å².